The van der Waals surface area contributed by atoms with Crippen LogP contribution >= 0.6 is 0 Å². The van der Waals surface area contributed by atoms with Crippen LogP contribution in [0.5, 0.6) is 0 Å². The average molecular weight is 175 g/mol. The Labute approximate surface area is 71.1 Å². The van der Waals surface area contributed by atoms with Gasteiger partial charge in [0.05, 0.1) is 0 Å². The predicted molar refractivity (Wildman–Crippen MR) is 52.3 cm³/mol. The quantitative estimate of drug-likeness (QED) is 0.491. The SMILES string of the molecule is CC(C)NCCC[Si](C)(C)O. The van der Waals surface area contributed by atoms with Gasteiger partial charge in [-0.25, -0.2) is 0 Å². The molecule has 0 unspecified atom stereocenters. The number of hydrogen-bond acceptors (Lipinski definition) is 2. The minimum Gasteiger partial charge on any atom is -0.432 e. The second-order valence-corrected chi connectivity index (χ2v) is 8.15. The van der Waals surface area contributed by atoms with Gasteiger partial charge < -0.3 is 10.1 Å². The lowest BCUT2D eigenvalue weighted by Gasteiger charge is -2.14. The maximum absolute atomic E-state index is 9.49. The molecule has 2 nitrogen and oxygen atoms in total. The molecule has 0 amide bonds. The van der Waals surface area contributed by atoms with Crippen LogP contribution in [0.25, 0.3) is 0 Å². The first-order valence-corrected chi connectivity index (χ1v) is 7.53. The molecule has 0 aromatic carbocycles. The van der Waals surface area contributed by atoms with Crippen LogP contribution in [0.15, 0.2) is 0 Å². The first-order valence-electron chi connectivity index (χ1n) is 4.37. The summed E-state index contributed by atoms with van der Waals surface area (Å²) in [5, 5.41) is 3.33. The fourth-order valence-corrected chi connectivity index (χ4v) is 1.95. The molecule has 0 aliphatic heterocycles. The molecule has 0 spiro atoms. The van der Waals surface area contributed by atoms with Gasteiger partial charge in [-0.3, -0.25) is 0 Å². The summed E-state index contributed by atoms with van der Waals surface area (Å²) in [6, 6.07) is 1.57. The summed E-state index contributed by atoms with van der Waals surface area (Å²) >= 11 is 0. The molecule has 0 saturated carbocycles. The van der Waals surface area contributed by atoms with Crippen molar-refractivity contribution in [2.24, 2.45) is 0 Å². The van der Waals surface area contributed by atoms with Gasteiger partial charge in [0.2, 0.25) is 0 Å². The van der Waals surface area contributed by atoms with E-state index in [-0.39, 0.29) is 0 Å². The van der Waals surface area contributed by atoms with Crippen molar-refractivity contribution in [1.29, 1.82) is 0 Å². The Kier molecular flexibility index (Phi) is 4.96. The minimum atomic E-state index is -1.77. The Balaban J connectivity index is 3.15. The van der Waals surface area contributed by atoms with E-state index in [0.29, 0.717) is 6.04 Å². The molecule has 3 heteroatoms. The molecule has 2 N–H and O–H groups in total. The van der Waals surface area contributed by atoms with Crippen molar-refractivity contribution in [3.05, 3.63) is 0 Å². The highest BCUT2D eigenvalue weighted by Crippen LogP contribution is 2.06. The van der Waals surface area contributed by atoms with Crippen molar-refractivity contribution in [3.8, 4) is 0 Å². The third-order valence-corrected chi connectivity index (χ3v) is 3.10. The maximum Gasteiger partial charge on any atom is 0.182 e. The molecule has 0 radical (unpaired) electrons. The van der Waals surface area contributed by atoms with Crippen molar-refractivity contribution < 1.29 is 4.80 Å². The monoisotopic (exact) mass is 175 g/mol. The minimum absolute atomic E-state index is 0.568. The highest BCUT2D eigenvalue weighted by Gasteiger charge is 2.15. The van der Waals surface area contributed by atoms with Gasteiger partial charge in [-0.15, -0.1) is 0 Å². The van der Waals surface area contributed by atoms with Crippen LogP contribution in [0.4, 0.5) is 0 Å². The normalized spacial score (nSPS) is 12.5. The molecule has 0 atom stereocenters. The zero-order valence-electron chi connectivity index (χ0n) is 8.15. The largest absolute Gasteiger partial charge is 0.432 e. The van der Waals surface area contributed by atoms with E-state index in [1.54, 1.807) is 0 Å². The van der Waals surface area contributed by atoms with Crippen LogP contribution < -0.4 is 5.32 Å². The van der Waals surface area contributed by atoms with E-state index < -0.39 is 8.32 Å². The Bertz CT molecular complexity index is 98.8. The summed E-state index contributed by atoms with van der Waals surface area (Å²) in [6.45, 7) is 9.29. The van der Waals surface area contributed by atoms with Crippen molar-refractivity contribution in [3.63, 3.8) is 0 Å². The number of rotatable bonds is 5. The molecule has 0 aromatic heterocycles. The van der Waals surface area contributed by atoms with Crippen molar-refractivity contribution >= 4 is 8.32 Å². The number of nitrogens with one attached hydrogen (secondary N) is 1. The van der Waals surface area contributed by atoms with E-state index in [4.69, 9.17) is 0 Å². The molecule has 0 bridgehead atoms. The van der Waals surface area contributed by atoms with Gasteiger partial charge in [0.15, 0.2) is 8.32 Å². The zero-order valence-corrected chi connectivity index (χ0v) is 9.15. The summed E-state index contributed by atoms with van der Waals surface area (Å²) in [5.41, 5.74) is 0. The van der Waals surface area contributed by atoms with Crippen LogP contribution in [0.1, 0.15) is 20.3 Å². The maximum atomic E-state index is 9.49. The van der Waals surface area contributed by atoms with Gasteiger partial charge in [-0.1, -0.05) is 13.8 Å². The lowest BCUT2D eigenvalue weighted by molar-refractivity contribution is 0.530. The van der Waals surface area contributed by atoms with Crippen molar-refractivity contribution in [2.45, 2.75) is 45.4 Å². The standard InChI is InChI=1S/C8H21NOSi/c1-8(2)9-6-5-7-11(3,4)10/h8-10H,5-7H2,1-4H3. The molecular formula is C8H21NOSi. The van der Waals surface area contributed by atoms with E-state index >= 15 is 0 Å². The van der Waals surface area contributed by atoms with Crippen molar-refractivity contribution in [1.82, 2.24) is 5.32 Å². The van der Waals surface area contributed by atoms with E-state index in [9.17, 15) is 4.80 Å². The molecule has 0 aliphatic carbocycles. The lowest BCUT2D eigenvalue weighted by atomic mass is 10.4. The molecule has 68 valence electrons. The van der Waals surface area contributed by atoms with E-state index in [1.165, 1.54) is 0 Å². The van der Waals surface area contributed by atoms with Crippen LogP contribution in [-0.4, -0.2) is 25.7 Å². The van der Waals surface area contributed by atoms with Crippen LogP contribution in [0.3, 0.4) is 0 Å². The Morgan fingerprint density at radius 1 is 1.36 bits per heavy atom. The molecule has 0 heterocycles. The van der Waals surface area contributed by atoms with Gasteiger partial charge in [0.25, 0.3) is 0 Å². The topological polar surface area (TPSA) is 32.3 Å². The van der Waals surface area contributed by atoms with E-state index in [2.05, 4.69) is 19.2 Å². The van der Waals surface area contributed by atoms with Crippen LogP contribution in [0.2, 0.25) is 19.1 Å². The summed E-state index contributed by atoms with van der Waals surface area (Å²) < 4.78 is 0. The van der Waals surface area contributed by atoms with Crippen LogP contribution in [-0.2, 0) is 0 Å². The fourth-order valence-electron chi connectivity index (χ4n) is 0.912. The Morgan fingerprint density at radius 2 is 1.91 bits per heavy atom. The van der Waals surface area contributed by atoms with E-state index in [0.717, 1.165) is 19.0 Å². The summed E-state index contributed by atoms with van der Waals surface area (Å²) in [5.74, 6) is 0. The molecule has 0 aliphatic rings. The first kappa shape index (κ1) is 11.1. The highest BCUT2D eigenvalue weighted by molar-refractivity contribution is 6.69. The van der Waals surface area contributed by atoms with Gasteiger partial charge >= 0.3 is 0 Å². The van der Waals surface area contributed by atoms with Crippen molar-refractivity contribution in [2.75, 3.05) is 6.54 Å². The first-order chi connectivity index (χ1) is 4.92. The van der Waals surface area contributed by atoms with Crippen LogP contribution in [0, 0.1) is 0 Å². The Hall–Kier alpha value is 0.137. The molecule has 0 rings (SSSR count). The van der Waals surface area contributed by atoms with Gasteiger partial charge in [0, 0.05) is 6.04 Å². The predicted octanol–water partition coefficient (Wildman–Crippen LogP) is 1.57. The molecular weight excluding hydrogens is 154 g/mol. The average Bonchev–Trinajstić information content (AvgIpc) is 1.78. The summed E-state index contributed by atoms with van der Waals surface area (Å²) in [4.78, 5) is 9.49. The molecule has 0 saturated heterocycles. The smallest absolute Gasteiger partial charge is 0.182 e. The van der Waals surface area contributed by atoms with Gasteiger partial charge in [-0.2, -0.15) is 0 Å². The number of hydrogen-bond donors (Lipinski definition) is 2. The summed E-state index contributed by atoms with van der Waals surface area (Å²) in [6.07, 6.45) is 1.11. The van der Waals surface area contributed by atoms with Gasteiger partial charge in [-0.05, 0) is 32.1 Å². The third-order valence-electron chi connectivity index (χ3n) is 1.52. The highest BCUT2D eigenvalue weighted by atomic mass is 28.4. The third kappa shape index (κ3) is 10.1. The second kappa shape index (κ2) is 4.90. The Morgan fingerprint density at radius 3 is 2.27 bits per heavy atom. The molecule has 11 heavy (non-hydrogen) atoms. The zero-order chi connectivity index (χ0) is 8.91. The fraction of sp³-hybridized carbons (Fsp3) is 1.00. The summed E-state index contributed by atoms with van der Waals surface area (Å²) in [7, 11) is -1.77. The van der Waals surface area contributed by atoms with Gasteiger partial charge in [0.1, 0.15) is 0 Å². The second-order valence-electron chi connectivity index (χ2n) is 4.02. The van der Waals surface area contributed by atoms with E-state index in [1.807, 2.05) is 13.1 Å². The lowest BCUT2D eigenvalue weighted by Crippen LogP contribution is -2.28. The molecule has 0 fully saturated rings. The molecule has 0 aromatic rings.